The van der Waals surface area contributed by atoms with Gasteiger partial charge in [0.2, 0.25) is 5.78 Å². The molecule has 3 rings (SSSR count). The van der Waals surface area contributed by atoms with Crippen LogP contribution in [-0.2, 0) is 12.6 Å². The normalized spacial score (nSPS) is 13.5. The number of ketones is 1. The van der Waals surface area contributed by atoms with Crippen LogP contribution in [0.3, 0.4) is 0 Å². The maximum Gasteiger partial charge on any atom is 0.418 e. The second-order valence-corrected chi connectivity index (χ2v) is 7.33. The van der Waals surface area contributed by atoms with Crippen LogP contribution in [-0.4, -0.2) is 27.8 Å². The molecule has 0 fully saturated rings. The zero-order valence-corrected chi connectivity index (χ0v) is 16.3. The van der Waals surface area contributed by atoms with E-state index in [2.05, 4.69) is 15.3 Å². The monoisotopic (exact) mass is 414 g/mol. The van der Waals surface area contributed by atoms with Crippen LogP contribution >= 0.6 is 0 Å². The van der Waals surface area contributed by atoms with Crippen LogP contribution in [0.1, 0.15) is 34.1 Å². The number of benzene rings is 1. The molecule has 1 unspecified atom stereocenters. The van der Waals surface area contributed by atoms with Gasteiger partial charge in [-0.25, -0.2) is 4.98 Å². The van der Waals surface area contributed by atoms with Crippen molar-refractivity contribution in [2.75, 3.05) is 11.9 Å². The van der Waals surface area contributed by atoms with Crippen LogP contribution in [0.5, 0.6) is 0 Å². The van der Waals surface area contributed by atoms with Gasteiger partial charge in [-0.1, -0.05) is 30.3 Å². The molecule has 0 aliphatic carbocycles. The maximum atomic E-state index is 13.4. The fraction of sp³-hybridized carbons (Fsp3) is 0.227. The predicted octanol–water partition coefficient (Wildman–Crippen LogP) is 4.10. The van der Waals surface area contributed by atoms with E-state index in [-0.39, 0.29) is 17.9 Å². The third-order valence-electron chi connectivity index (χ3n) is 4.46. The van der Waals surface area contributed by atoms with Crippen LogP contribution in [0.2, 0.25) is 0 Å². The standard InChI is InChI=1S/C22H21F3N4O/c1-21(26,12-15-6-3-2-4-7-15)14-28-18-10-9-17(22(23,24)25)19(29-18)20(30)16-8-5-11-27-13-16/h2-11,13H,12,14,26H2,1H3,(H,28,29). The molecule has 0 aliphatic heterocycles. The zero-order chi connectivity index (χ0) is 21.8. The third kappa shape index (κ3) is 5.42. The summed E-state index contributed by atoms with van der Waals surface area (Å²) in [5.41, 5.74) is 4.95. The second-order valence-electron chi connectivity index (χ2n) is 7.33. The highest BCUT2D eigenvalue weighted by molar-refractivity contribution is 6.08. The summed E-state index contributed by atoms with van der Waals surface area (Å²) in [4.78, 5) is 20.4. The number of nitrogens with zero attached hydrogens (tertiary/aromatic N) is 2. The molecule has 0 aliphatic rings. The minimum Gasteiger partial charge on any atom is -0.368 e. The minimum absolute atomic E-state index is 0.0281. The number of carbonyl (C=O) groups is 1. The van der Waals surface area contributed by atoms with E-state index in [9.17, 15) is 18.0 Å². The van der Waals surface area contributed by atoms with Crippen molar-refractivity contribution in [2.45, 2.75) is 25.1 Å². The summed E-state index contributed by atoms with van der Waals surface area (Å²) in [6.45, 7) is 2.08. The Morgan fingerprint density at radius 3 is 2.43 bits per heavy atom. The van der Waals surface area contributed by atoms with Crippen molar-refractivity contribution in [3.63, 3.8) is 0 Å². The summed E-state index contributed by atoms with van der Waals surface area (Å²) < 4.78 is 40.3. The van der Waals surface area contributed by atoms with Crippen molar-refractivity contribution in [1.82, 2.24) is 9.97 Å². The number of halogens is 3. The van der Waals surface area contributed by atoms with E-state index in [0.717, 1.165) is 11.6 Å². The van der Waals surface area contributed by atoms with Gasteiger partial charge in [-0.05, 0) is 43.2 Å². The van der Waals surface area contributed by atoms with Gasteiger partial charge in [0.05, 0.1) is 5.56 Å². The average Bonchev–Trinajstić information content (AvgIpc) is 2.72. The largest absolute Gasteiger partial charge is 0.418 e. The smallest absolute Gasteiger partial charge is 0.368 e. The van der Waals surface area contributed by atoms with E-state index in [0.29, 0.717) is 6.42 Å². The Bertz CT molecular complexity index is 1010. The number of alkyl halides is 3. The van der Waals surface area contributed by atoms with E-state index < -0.39 is 28.8 Å². The number of rotatable bonds is 7. The molecule has 1 aromatic carbocycles. The molecule has 0 radical (unpaired) electrons. The number of carbonyl (C=O) groups excluding carboxylic acids is 1. The lowest BCUT2D eigenvalue weighted by atomic mass is 9.94. The first-order chi connectivity index (χ1) is 14.2. The molecule has 30 heavy (non-hydrogen) atoms. The zero-order valence-electron chi connectivity index (χ0n) is 16.3. The number of pyridine rings is 2. The van der Waals surface area contributed by atoms with Gasteiger partial charge in [-0.15, -0.1) is 0 Å². The molecule has 0 bridgehead atoms. The van der Waals surface area contributed by atoms with Crippen LogP contribution in [0.15, 0.2) is 67.0 Å². The first-order valence-corrected chi connectivity index (χ1v) is 9.25. The Morgan fingerprint density at radius 2 is 1.80 bits per heavy atom. The van der Waals surface area contributed by atoms with Crippen molar-refractivity contribution in [3.05, 3.63) is 89.4 Å². The van der Waals surface area contributed by atoms with E-state index in [1.807, 2.05) is 37.3 Å². The number of nitrogens with two attached hydrogens (primary N) is 1. The van der Waals surface area contributed by atoms with Gasteiger partial charge in [-0.3, -0.25) is 9.78 Å². The van der Waals surface area contributed by atoms with Gasteiger partial charge < -0.3 is 11.1 Å². The molecule has 156 valence electrons. The Morgan fingerprint density at radius 1 is 1.07 bits per heavy atom. The molecule has 5 nitrogen and oxygen atoms in total. The number of hydrogen-bond acceptors (Lipinski definition) is 5. The van der Waals surface area contributed by atoms with E-state index in [1.165, 1.54) is 30.6 Å². The lowest BCUT2D eigenvalue weighted by Crippen LogP contribution is -2.45. The van der Waals surface area contributed by atoms with Crippen LogP contribution in [0.4, 0.5) is 19.0 Å². The lowest BCUT2D eigenvalue weighted by molar-refractivity contribution is -0.138. The molecule has 3 aromatic rings. The number of nitrogens with one attached hydrogen (secondary N) is 1. The van der Waals surface area contributed by atoms with Crippen molar-refractivity contribution < 1.29 is 18.0 Å². The highest BCUT2D eigenvalue weighted by Crippen LogP contribution is 2.33. The number of hydrogen-bond donors (Lipinski definition) is 2. The summed E-state index contributed by atoms with van der Waals surface area (Å²) in [7, 11) is 0. The number of anilines is 1. The minimum atomic E-state index is -4.71. The Kier molecular flexibility index (Phi) is 6.17. The fourth-order valence-corrected chi connectivity index (χ4v) is 3.01. The highest BCUT2D eigenvalue weighted by Gasteiger charge is 2.36. The quantitative estimate of drug-likeness (QED) is 0.569. The van der Waals surface area contributed by atoms with Gasteiger partial charge in [0.1, 0.15) is 11.5 Å². The lowest BCUT2D eigenvalue weighted by Gasteiger charge is -2.25. The molecule has 0 amide bonds. The molecule has 0 saturated heterocycles. The summed E-state index contributed by atoms with van der Waals surface area (Å²) in [6.07, 6.45) is -1.51. The van der Waals surface area contributed by atoms with Crippen molar-refractivity contribution >= 4 is 11.6 Å². The molecule has 0 spiro atoms. The molecule has 2 aromatic heterocycles. The van der Waals surface area contributed by atoms with Crippen LogP contribution in [0, 0.1) is 0 Å². The summed E-state index contributed by atoms with van der Waals surface area (Å²) in [5, 5.41) is 2.96. The Balaban J connectivity index is 1.83. The molecular weight excluding hydrogens is 393 g/mol. The van der Waals surface area contributed by atoms with Crippen molar-refractivity contribution in [1.29, 1.82) is 0 Å². The Labute approximate surface area is 172 Å². The fourth-order valence-electron chi connectivity index (χ4n) is 3.01. The summed E-state index contributed by atoms with van der Waals surface area (Å²) in [6, 6.07) is 14.5. The summed E-state index contributed by atoms with van der Waals surface area (Å²) in [5.74, 6) is -0.709. The van der Waals surface area contributed by atoms with E-state index in [4.69, 9.17) is 5.73 Å². The highest BCUT2D eigenvalue weighted by atomic mass is 19.4. The van der Waals surface area contributed by atoms with Crippen LogP contribution in [0.25, 0.3) is 0 Å². The van der Waals surface area contributed by atoms with Gasteiger partial charge in [0.25, 0.3) is 0 Å². The first kappa shape index (κ1) is 21.4. The topological polar surface area (TPSA) is 80.9 Å². The van der Waals surface area contributed by atoms with Gasteiger partial charge >= 0.3 is 6.18 Å². The molecule has 0 saturated carbocycles. The van der Waals surface area contributed by atoms with Crippen LogP contribution < -0.4 is 11.1 Å². The average molecular weight is 414 g/mol. The van der Waals surface area contributed by atoms with Gasteiger partial charge in [0.15, 0.2) is 0 Å². The predicted molar refractivity (Wildman–Crippen MR) is 108 cm³/mol. The molecular formula is C22H21F3N4O. The van der Waals surface area contributed by atoms with Gasteiger partial charge in [0, 0.05) is 30.0 Å². The van der Waals surface area contributed by atoms with E-state index >= 15 is 0 Å². The van der Waals surface area contributed by atoms with Crippen molar-refractivity contribution in [3.8, 4) is 0 Å². The molecule has 8 heteroatoms. The Hall–Kier alpha value is -3.26. The molecule has 2 heterocycles. The van der Waals surface area contributed by atoms with Crippen molar-refractivity contribution in [2.24, 2.45) is 5.73 Å². The number of aromatic nitrogens is 2. The first-order valence-electron chi connectivity index (χ1n) is 9.25. The molecule has 1 atom stereocenters. The van der Waals surface area contributed by atoms with Gasteiger partial charge in [-0.2, -0.15) is 13.2 Å². The second kappa shape index (κ2) is 8.62. The van der Waals surface area contributed by atoms with E-state index in [1.54, 1.807) is 0 Å². The third-order valence-corrected chi connectivity index (χ3v) is 4.46. The SMILES string of the molecule is CC(N)(CNc1ccc(C(F)(F)F)c(C(=O)c2cccnc2)n1)Cc1ccccc1. The maximum absolute atomic E-state index is 13.4. The molecule has 3 N–H and O–H groups in total. The summed E-state index contributed by atoms with van der Waals surface area (Å²) >= 11 is 0.